The van der Waals surface area contributed by atoms with E-state index in [4.69, 9.17) is 0 Å². The molecule has 1 aromatic heterocycles. The summed E-state index contributed by atoms with van der Waals surface area (Å²) in [7, 11) is 0. The Balaban J connectivity index is 1.55. The van der Waals surface area contributed by atoms with Gasteiger partial charge in [-0.05, 0) is 36.5 Å². The molecule has 0 amide bonds. The van der Waals surface area contributed by atoms with E-state index >= 15 is 0 Å². The van der Waals surface area contributed by atoms with Crippen LogP contribution in [0, 0.1) is 5.92 Å². The average Bonchev–Trinajstić information content (AvgIpc) is 3.00. The fraction of sp³-hybridized carbons (Fsp3) is 0.583. The monoisotopic (exact) mass is 204 g/mol. The van der Waals surface area contributed by atoms with Crippen LogP contribution in [-0.2, 0) is 6.54 Å². The Morgan fingerprint density at radius 3 is 2.60 bits per heavy atom. The molecule has 1 saturated heterocycles. The summed E-state index contributed by atoms with van der Waals surface area (Å²) in [6, 6.07) is 4.07. The highest BCUT2D eigenvalue weighted by molar-refractivity contribution is 5.12. The van der Waals surface area contributed by atoms with E-state index in [1.807, 2.05) is 24.5 Å². The Labute approximate surface area is 89.7 Å². The zero-order chi connectivity index (χ0) is 10.3. The van der Waals surface area contributed by atoms with Crippen molar-refractivity contribution in [2.24, 2.45) is 5.92 Å². The fourth-order valence-electron chi connectivity index (χ4n) is 2.47. The van der Waals surface area contributed by atoms with Gasteiger partial charge in [-0.3, -0.25) is 9.88 Å². The van der Waals surface area contributed by atoms with Gasteiger partial charge < -0.3 is 5.11 Å². The molecule has 1 aromatic rings. The molecule has 0 aromatic carbocycles. The standard InChI is InChI=1S/C12H16N2O/c15-12(11-1-2-11)8-14(9-12)7-10-3-5-13-6-4-10/h3-6,11,15H,1-2,7-9H2. The van der Waals surface area contributed by atoms with Crippen LogP contribution < -0.4 is 0 Å². The first-order valence-corrected chi connectivity index (χ1v) is 5.60. The second kappa shape index (κ2) is 3.29. The first kappa shape index (κ1) is 9.31. The van der Waals surface area contributed by atoms with E-state index in [2.05, 4.69) is 9.88 Å². The lowest BCUT2D eigenvalue weighted by atomic mass is 9.88. The van der Waals surface area contributed by atoms with E-state index in [1.165, 1.54) is 18.4 Å². The molecule has 1 aliphatic carbocycles. The molecule has 2 aliphatic rings. The minimum absolute atomic E-state index is 0.354. The van der Waals surface area contributed by atoms with Crippen LogP contribution in [0.25, 0.3) is 0 Å². The third-order valence-electron chi connectivity index (χ3n) is 3.49. The Kier molecular flexibility index (Phi) is 2.04. The Bertz CT molecular complexity index is 342. The zero-order valence-corrected chi connectivity index (χ0v) is 8.76. The van der Waals surface area contributed by atoms with Crippen LogP contribution >= 0.6 is 0 Å². The number of hydrogen-bond donors (Lipinski definition) is 1. The summed E-state index contributed by atoms with van der Waals surface area (Å²) in [6.45, 7) is 2.64. The van der Waals surface area contributed by atoms with Crippen LogP contribution in [0.5, 0.6) is 0 Å². The van der Waals surface area contributed by atoms with Crippen LogP contribution in [0.2, 0.25) is 0 Å². The molecule has 3 heteroatoms. The number of β-amino-alcohol motifs (C(OH)–C–C–N with tert-alkyl or cyclic N) is 1. The van der Waals surface area contributed by atoms with Crippen molar-refractivity contribution in [3.8, 4) is 0 Å². The molecule has 1 saturated carbocycles. The second-order valence-corrected chi connectivity index (χ2v) is 4.88. The fourth-order valence-corrected chi connectivity index (χ4v) is 2.47. The van der Waals surface area contributed by atoms with Crippen LogP contribution in [0.1, 0.15) is 18.4 Å². The van der Waals surface area contributed by atoms with Crippen molar-refractivity contribution in [3.63, 3.8) is 0 Å². The lowest BCUT2D eigenvalue weighted by Crippen LogP contribution is -2.62. The van der Waals surface area contributed by atoms with Gasteiger partial charge in [-0.15, -0.1) is 0 Å². The van der Waals surface area contributed by atoms with Gasteiger partial charge in [-0.1, -0.05) is 0 Å². The number of rotatable bonds is 3. The summed E-state index contributed by atoms with van der Waals surface area (Å²) in [5, 5.41) is 10.1. The van der Waals surface area contributed by atoms with Crippen molar-refractivity contribution < 1.29 is 5.11 Å². The molecule has 0 atom stereocenters. The molecule has 80 valence electrons. The zero-order valence-electron chi connectivity index (χ0n) is 8.76. The molecule has 0 bridgehead atoms. The van der Waals surface area contributed by atoms with E-state index in [0.29, 0.717) is 5.92 Å². The molecule has 3 nitrogen and oxygen atoms in total. The maximum absolute atomic E-state index is 10.1. The van der Waals surface area contributed by atoms with Gasteiger partial charge in [0, 0.05) is 32.0 Å². The van der Waals surface area contributed by atoms with Crippen LogP contribution in [0.3, 0.4) is 0 Å². The van der Waals surface area contributed by atoms with Crippen molar-refractivity contribution in [1.82, 2.24) is 9.88 Å². The maximum atomic E-state index is 10.1. The summed E-state index contributed by atoms with van der Waals surface area (Å²) in [5.74, 6) is 0.589. The summed E-state index contributed by atoms with van der Waals surface area (Å²) < 4.78 is 0. The van der Waals surface area contributed by atoms with Crippen molar-refractivity contribution in [3.05, 3.63) is 30.1 Å². The maximum Gasteiger partial charge on any atom is 0.0928 e. The largest absolute Gasteiger partial charge is 0.387 e. The van der Waals surface area contributed by atoms with Crippen LogP contribution in [0.4, 0.5) is 0 Å². The first-order valence-electron chi connectivity index (χ1n) is 5.60. The highest BCUT2D eigenvalue weighted by Crippen LogP contribution is 2.44. The van der Waals surface area contributed by atoms with Crippen molar-refractivity contribution in [1.29, 1.82) is 0 Å². The lowest BCUT2D eigenvalue weighted by Gasteiger charge is -2.47. The SMILES string of the molecule is OC1(C2CC2)CN(Cc2ccncc2)C1. The van der Waals surface area contributed by atoms with Gasteiger partial charge in [0.2, 0.25) is 0 Å². The molecular formula is C12H16N2O. The molecule has 1 aliphatic heterocycles. The van der Waals surface area contributed by atoms with Gasteiger partial charge in [0.05, 0.1) is 5.60 Å². The predicted octanol–water partition coefficient (Wildman–Crippen LogP) is 1.04. The Hall–Kier alpha value is -0.930. The van der Waals surface area contributed by atoms with Crippen molar-refractivity contribution in [2.45, 2.75) is 25.0 Å². The molecule has 0 unspecified atom stereocenters. The van der Waals surface area contributed by atoms with Gasteiger partial charge in [-0.25, -0.2) is 0 Å². The number of aromatic nitrogens is 1. The third kappa shape index (κ3) is 1.77. The van der Waals surface area contributed by atoms with Gasteiger partial charge in [-0.2, -0.15) is 0 Å². The van der Waals surface area contributed by atoms with E-state index in [1.54, 1.807) is 0 Å². The smallest absolute Gasteiger partial charge is 0.0928 e. The van der Waals surface area contributed by atoms with Crippen LogP contribution in [0.15, 0.2) is 24.5 Å². The topological polar surface area (TPSA) is 36.4 Å². The van der Waals surface area contributed by atoms with Gasteiger partial charge in [0.25, 0.3) is 0 Å². The summed E-state index contributed by atoms with van der Waals surface area (Å²) in [5.41, 5.74) is 0.926. The minimum Gasteiger partial charge on any atom is -0.387 e. The van der Waals surface area contributed by atoms with Crippen molar-refractivity contribution in [2.75, 3.05) is 13.1 Å². The highest BCUT2D eigenvalue weighted by Gasteiger charge is 2.51. The number of likely N-dealkylation sites (tertiary alicyclic amines) is 1. The van der Waals surface area contributed by atoms with Gasteiger partial charge >= 0.3 is 0 Å². The molecule has 1 N–H and O–H groups in total. The van der Waals surface area contributed by atoms with E-state index in [-0.39, 0.29) is 5.60 Å². The second-order valence-electron chi connectivity index (χ2n) is 4.88. The third-order valence-corrected chi connectivity index (χ3v) is 3.49. The summed E-state index contributed by atoms with van der Waals surface area (Å²) in [4.78, 5) is 6.29. The van der Waals surface area contributed by atoms with Gasteiger partial charge in [0.15, 0.2) is 0 Å². The average molecular weight is 204 g/mol. The molecule has 15 heavy (non-hydrogen) atoms. The highest BCUT2D eigenvalue weighted by atomic mass is 16.3. The van der Waals surface area contributed by atoms with E-state index in [0.717, 1.165) is 19.6 Å². The lowest BCUT2D eigenvalue weighted by molar-refractivity contribution is -0.116. The number of hydrogen-bond acceptors (Lipinski definition) is 3. The predicted molar refractivity (Wildman–Crippen MR) is 57.2 cm³/mol. The molecule has 2 heterocycles. The molecule has 0 spiro atoms. The van der Waals surface area contributed by atoms with Gasteiger partial charge in [0.1, 0.15) is 0 Å². The number of pyridine rings is 1. The summed E-state index contributed by atoms with van der Waals surface area (Å²) >= 11 is 0. The Morgan fingerprint density at radius 1 is 1.33 bits per heavy atom. The molecule has 3 rings (SSSR count). The molecule has 2 fully saturated rings. The first-order chi connectivity index (χ1) is 7.26. The van der Waals surface area contributed by atoms with Crippen molar-refractivity contribution >= 4 is 0 Å². The van der Waals surface area contributed by atoms with Crippen LogP contribution in [-0.4, -0.2) is 33.7 Å². The number of nitrogens with zero attached hydrogens (tertiary/aromatic N) is 2. The normalized spacial score (nSPS) is 24.9. The molecular weight excluding hydrogens is 188 g/mol. The molecule has 0 radical (unpaired) electrons. The van der Waals surface area contributed by atoms with E-state index in [9.17, 15) is 5.11 Å². The quantitative estimate of drug-likeness (QED) is 0.799. The van der Waals surface area contributed by atoms with E-state index < -0.39 is 0 Å². The minimum atomic E-state index is -0.354. The Morgan fingerprint density at radius 2 is 2.00 bits per heavy atom. The number of aliphatic hydroxyl groups is 1. The summed E-state index contributed by atoms with van der Waals surface area (Å²) in [6.07, 6.45) is 6.09.